The van der Waals surface area contributed by atoms with Gasteiger partial charge in [-0.1, -0.05) is 41.0 Å². The number of rotatable bonds is 6. The lowest BCUT2D eigenvalue weighted by Crippen LogP contribution is -2.56. The number of hydrogen-bond acceptors (Lipinski definition) is 9. The number of carbonyl (C=O) groups is 5. The molecule has 2 heterocycles. The second-order valence-electron chi connectivity index (χ2n) is 17.7. The van der Waals surface area contributed by atoms with Crippen LogP contribution in [-0.2, 0) is 4.79 Å². The number of aldehydes is 1. The highest BCUT2D eigenvalue weighted by molar-refractivity contribution is 6.15. The van der Waals surface area contributed by atoms with Gasteiger partial charge in [-0.25, -0.2) is 10.0 Å². The normalized spacial score (nSPS) is 14.8. The Morgan fingerprint density at radius 2 is 0.953 bits per heavy atom. The maximum Gasteiger partial charge on any atom is 0.272 e. The molecule has 0 fully saturated rings. The summed E-state index contributed by atoms with van der Waals surface area (Å²) >= 11 is 4.64. The van der Waals surface area contributed by atoms with Crippen LogP contribution in [0, 0.1) is 41.5 Å². The van der Waals surface area contributed by atoms with Crippen LogP contribution >= 0.6 is 11.6 Å². The number of alkyl halides is 1. The molecule has 0 bridgehead atoms. The molecule has 2 aliphatic heterocycles. The molecule has 2 atom stereocenters. The third-order valence-electron chi connectivity index (χ3n) is 10.1. The van der Waals surface area contributed by atoms with Crippen molar-refractivity contribution >= 4 is 41.5 Å². The molecular formula is C50H61ClN4O9. The molecule has 0 radical (unpaired) electrons. The molecule has 0 aromatic heterocycles. The number of aryl methyl sites for hydroxylation is 4. The summed E-state index contributed by atoms with van der Waals surface area (Å²) < 4.78 is 22.8. The van der Waals surface area contributed by atoms with Crippen molar-refractivity contribution in [2.45, 2.75) is 106 Å². The van der Waals surface area contributed by atoms with E-state index in [2.05, 4.69) is 29.0 Å². The van der Waals surface area contributed by atoms with Crippen molar-refractivity contribution in [1.29, 1.82) is 0 Å². The highest BCUT2D eigenvalue weighted by Crippen LogP contribution is 2.38. The van der Waals surface area contributed by atoms with Gasteiger partial charge in [0.1, 0.15) is 13.2 Å². The lowest BCUT2D eigenvalue weighted by Gasteiger charge is -2.36. The van der Waals surface area contributed by atoms with Crippen LogP contribution in [0.1, 0.15) is 116 Å². The van der Waals surface area contributed by atoms with Gasteiger partial charge in [0, 0.05) is 39.8 Å². The number of fused-ring (bicyclic) bond motifs is 2. The van der Waals surface area contributed by atoms with Crippen molar-refractivity contribution in [3.05, 3.63) is 129 Å². The van der Waals surface area contributed by atoms with E-state index < -0.39 is 29.0 Å². The molecule has 4 amide bonds. The SMILES string of the molecule is C=C[C@H]1COc2ccc(C(=O)NN(C(=O)c3cc(C)cc(C)c3)C(C)(C)C)c(C)c2O1.CCl.Cc1cc(C)cc(C(=O)N(NC(=O)c2ccc3c(c2C)O[C@@H](C=O)CO3)C(C)(C)C)c1. The van der Waals surface area contributed by atoms with E-state index in [1.54, 1.807) is 56.3 Å². The quantitative estimate of drug-likeness (QED) is 0.0837. The summed E-state index contributed by atoms with van der Waals surface area (Å²) in [7, 11) is 0. The third-order valence-corrected chi connectivity index (χ3v) is 10.1. The first-order chi connectivity index (χ1) is 30.0. The highest BCUT2D eigenvalue weighted by Gasteiger charge is 2.33. The molecule has 2 N–H and O–H groups in total. The van der Waals surface area contributed by atoms with Crippen molar-refractivity contribution in [2.75, 3.05) is 19.6 Å². The van der Waals surface area contributed by atoms with Gasteiger partial charge in [0.15, 0.2) is 41.5 Å². The Labute approximate surface area is 382 Å². The number of carbonyl (C=O) groups excluding carboxylic acids is 5. The van der Waals surface area contributed by atoms with Crippen molar-refractivity contribution in [3.8, 4) is 23.0 Å². The zero-order valence-electron chi connectivity index (χ0n) is 39.2. The monoisotopic (exact) mass is 896 g/mol. The fourth-order valence-corrected chi connectivity index (χ4v) is 7.07. The summed E-state index contributed by atoms with van der Waals surface area (Å²) in [4.78, 5) is 64.1. The van der Waals surface area contributed by atoms with Crippen molar-refractivity contribution in [3.63, 3.8) is 0 Å². The van der Waals surface area contributed by atoms with Crippen LogP contribution in [-0.4, -0.2) is 82.8 Å². The number of nitrogens with one attached hydrogen (secondary N) is 2. The van der Waals surface area contributed by atoms with E-state index in [1.165, 1.54) is 16.4 Å². The number of halogens is 1. The minimum atomic E-state index is -0.721. The fraction of sp³-hybridized carbons (Fsp3) is 0.380. The van der Waals surface area contributed by atoms with Gasteiger partial charge >= 0.3 is 0 Å². The van der Waals surface area contributed by atoms with Crippen molar-refractivity contribution < 1.29 is 42.9 Å². The summed E-state index contributed by atoms with van der Waals surface area (Å²) in [5.74, 6) is 0.531. The van der Waals surface area contributed by atoms with Crippen LogP contribution < -0.4 is 29.8 Å². The molecule has 14 heteroatoms. The number of nitrogens with zero attached hydrogens (tertiary/aromatic N) is 2. The molecule has 13 nitrogen and oxygen atoms in total. The van der Waals surface area contributed by atoms with Gasteiger partial charge in [-0.15, -0.1) is 11.6 Å². The van der Waals surface area contributed by atoms with Crippen molar-refractivity contribution in [2.24, 2.45) is 0 Å². The van der Waals surface area contributed by atoms with Crippen LogP contribution in [0.5, 0.6) is 23.0 Å². The zero-order valence-corrected chi connectivity index (χ0v) is 39.9. The number of hydrogen-bond donors (Lipinski definition) is 2. The maximum atomic E-state index is 13.3. The molecule has 0 unspecified atom stereocenters. The molecule has 0 saturated carbocycles. The predicted octanol–water partition coefficient (Wildman–Crippen LogP) is 8.91. The van der Waals surface area contributed by atoms with Gasteiger partial charge in [0.05, 0.1) is 11.1 Å². The Morgan fingerprint density at radius 1 is 0.609 bits per heavy atom. The number of benzene rings is 4. The highest BCUT2D eigenvalue weighted by atomic mass is 35.5. The number of hydrazine groups is 2. The standard InChI is InChI=1S/C25H30N2O4.C24H28N2O5.CH3Cl/c1-8-19-14-30-21-10-9-20(17(4)22(21)31-19)23(28)26-27(25(5,6)7)24(29)18-12-15(2)11-16(3)13-18;1-14-9-15(2)11-17(10-14)23(29)26(24(4,5)6)25-22(28)19-7-8-20-21(16(19)3)31-18(12-27)13-30-20;1-2/h8-13,19H,1,14H2,2-7H3,(H,26,28);7-12,18H,13H2,1-6H3,(H,25,28);1H3/t19-;18-;/m00./s1. The second-order valence-corrected chi connectivity index (χ2v) is 17.7. The van der Waals surface area contributed by atoms with Crippen LogP contribution in [0.2, 0.25) is 0 Å². The van der Waals surface area contributed by atoms with Crippen LogP contribution in [0.4, 0.5) is 0 Å². The largest absolute Gasteiger partial charge is 0.485 e. The minimum Gasteiger partial charge on any atom is -0.485 e. The molecule has 0 aliphatic carbocycles. The Balaban J connectivity index is 0.000000270. The van der Waals surface area contributed by atoms with Crippen LogP contribution in [0.3, 0.4) is 0 Å². The minimum absolute atomic E-state index is 0.129. The summed E-state index contributed by atoms with van der Waals surface area (Å²) in [6.07, 6.45) is 2.81. The van der Waals surface area contributed by atoms with E-state index in [-0.39, 0.29) is 24.5 Å². The van der Waals surface area contributed by atoms with Gasteiger partial charge in [-0.2, -0.15) is 0 Å². The third kappa shape index (κ3) is 12.0. The van der Waals surface area contributed by atoms with E-state index >= 15 is 0 Å². The Kier molecular flexibility index (Phi) is 16.4. The molecular weight excluding hydrogens is 836 g/mol. The van der Waals surface area contributed by atoms with Crippen LogP contribution in [0.25, 0.3) is 0 Å². The predicted molar refractivity (Wildman–Crippen MR) is 249 cm³/mol. The van der Waals surface area contributed by atoms with Gasteiger partial charge in [0.2, 0.25) is 0 Å². The van der Waals surface area contributed by atoms with Gasteiger partial charge in [-0.05, 0) is 138 Å². The smallest absolute Gasteiger partial charge is 0.272 e. The summed E-state index contributed by atoms with van der Waals surface area (Å²) in [5, 5.41) is 2.72. The molecule has 64 heavy (non-hydrogen) atoms. The first kappa shape index (κ1) is 50.3. The second kappa shape index (κ2) is 20.9. The molecule has 342 valence electrons. The molecule has 4 aromatic rings. The average Bonchev–Trinajstić information content (AvgIpc) is 3.23. The summed E-state index contributed by atoms with van der Waals surface area (Å²) in [5.41, 5.74) is 11.1. The maximum absolute atomic E-state index is 13.3. The molecule has 0 saturated heterocycles. The molecule has 4 aromatic carbocycles. The fourth-order valence-electron chi connectivity index (χ4n) is 7.07. The average molecular weight is 898 g/mol. The van der Waals surface area contributed by atoms with Crippen molar-refractivity contribution in [1.82, 2.24) is 20.9 Å². The first-order valence-corrected chi connectivity index (χ1v) is 21.6. The van der Waals surface area contributed by atoms with Gasteiger partial charge in [0.25, 0.3) is 23.6 Å². The van der Waals surface area contributed by atoms with E-state index in [0.29, 0.717) is 69.3 Å². The van der Waals surface area contributed by atoms with E-state index in [0.717, 1.165) is 22.3 Å². The lowest BCUT2D eigenvalue weighted by molar-refractivity contribution is -0.115. The molecule has 0 spiro atoms. The molecule has 2 aliphatic rings. The Bertz CT molecular complexity index is 2210. The van der Waals surface area contributed by atoms with E-state index in [4.69, 9.17) is 18.9 Å². The summed E-state index contributed by atoms with van der Waals surface area (Å²) in [6, 6.07) is 17.9. The Hall–Kier alpha value is -6.34. The lowest BCUT2D eigenvalue weighted by atomic mass is 10.0. The number of amides is 4. The topological polar surface area (TPSA) is 153 Å². The zero-order chi connectivity index (χ0) is 47.8. The van der Waals surface area contributed by atoms with Gasteiger partial charge in [-0.3, -0.25) is 34.8 Å². The van der Waals surface area contributed by atoms with Gasteiger partial charge < -0.3 is 18.9 Å². The molecule has 6 rings (SSSR count). The van der Waals surface area contributed by atoms with Crippen LogP contribution in [0.15, 0.2) is 73.3 Å². The number of ether oxygens (including phenoxy) is 4. The van der Waals surface area contributed by atoms with E-state index in [9.17, 15) is 24.0 Å². The van der Waals surface area contributed by atoms with E-state index in [1.807, 2.05) is 93.5 Å². The summed E-state index contributed by atoms with van der Waals surface area (Å²) in [6.45, 7) is 26.7. The first-order valence-electron chi connectivity index (χ1n) is 20.8. The Morgan fingerprint density at radius 3 is 1.28 bits per heavy atom.